The average Bonchev–Trinajstić information content (AvgIpc) is 2.70. The van der Waals surface area contributed by atoms with Crippen LogP contribution in [0.1, 0.15) is 12.8 Å². The maximum absolute atomic E-state index is 11.5. The number of carbonyl (C=O) groups is 2. The number of imide groups is 1. The van der Waals surface area contributed by atoms with Crippen molar-refractivity contribution in [1.82, 2.24) is 4.90 Å². The third kappa shape index (κ3) is 1.92. The number of nitrogens with zero attached hydrogens (tertiary/aromatic N) is 1. The first-order valence-electron chi connectivity index (χ1n) is 6.05. The van der Waals surface area contributed by atoms with Gasteiger partial charge in [-0.25, -0.2) is 0 Å². The van der Waals surface area contributed by atoms with Crippen LogP contribution in [-0.4, -0.2) is 35.9 Å². The Morgan fingerprint density at radius 1 is 1.22 bits per heavy atom. The minimum Gasteiger partial charge on any atom is -0.489 e. The van der Waals surface area contributed by atoms with E-state index in [4.69, 9.17) is 4.74 Å². The molecule has 0 spiro atoms. The van der Waals surface area contributed by atoms with Gasteiger partial charge in [-0.3, -0.25) is 14.5 Å². The van der Waals surface area contributed by atoms with Crippen LogP contribution in [0.25, 0.3) is 0 Å². The van der Waals surface area contributed by atoms with E-state index in [2.05, 4.69) is 5.32 Å². The lowest BCUT2D eigenvalue weighted by molar-refractivity contribution is -0.138. The van der Waals surface area contributed by atoms with Crippen LogP contribution in [0, 0.1) is 0 Å². The average molecular weight is 246 g/mol. The summed E-state index contributed by atoms with van der Waals surface area (Å²) in [5.74, 6) is 0.647. The Morgan fingerprint density at radius 2 is 1.94 bits per heavy atom. The fourth-order valence-corrected chi connectivity index (χ4v) is 2.31. The van der Waals surface area contributed by atoms with Gasteiger partial charge in [-0.15, -0.1) is 0 Å². The van der Waals surface area contributed by atoms with Crippen LogP contribution in [-0.2, 0) is 9.59 Å². The van der Waals surface area contributed by atoms with Crippen molar-refractivity contribution in [3.63, 3.8) is 0 Å². The van der Waals surface area contributed by atoms with Gasteiger partial charge >= 0.3 is 0 Å². The first kappa shape index (κ1) is 11.1. The summed E-state index contributed by atoms with van der Waals surface area (Å²) < 4.78 is 5.61. The molecule has 18 heavy (non-hydrogen) atoms. The van der Waals surface area contributed by atoms with E-state index in [9.17, 15) is 9.59 Å². The van der Waals surface area contributed by atoms with Gasteiger partial charge in [0.1, 0.15) is 12.4 Å². The first-order chi connectivity index (χ1) is 8.74. The number of hydrogen-bond donors (Lipinski definition) is 1. The molecule has 1 saturated heterocycles. The van der Waals surface area contributed by atoms with Crippen LogP contribution in [0.5, 0.6) is 5.75 Å². The summed E-state index contributed by atoms with van der Waals surface area (Å²) in [5.41, 5.74) is 0.910. The summed E-state index contributed by atoms with van der Waals surface area (Å²) in [7, 11) is 0. The zero-order chi connectivity index (χ0) is 12.5. The van der Waals surface area contributed by atoms with Gasteiger partial charge in [0.2, 0.25) is 11.8 Å². The Bertz CT molecular complexity index is 485. The predicted molar refractivity (Wildman–Crippen MR) is 65.3 cm³/mol. The van der Waals surface area contributed by atoms with Gasteiger partial charge in [0.15, 0.2) is 0 Å². The fraction of sp³-hybridized carbons (Fsp3) is 0.385. The number of nitrogens with one attached hydrogen (secondary N) is 1. The van der Waals surface area contributed by atoms with Gasteiger partial charge in [0.05, 0.1) is 18.3 Å². The number of benzene rings is 1. The smallest absolute Gasteiger partial charge is 0.229 e. The second-order valence-electron chi connectivity index (χ2n) is 4.55. The Balaban J connectivity index is 1.69. The topological polar surface area (TPSA) is 58.6 Å². The van der Waals surface area contributed by atoms with Crippen LogP contribution in [0.4, 0.5) is 5.69 Å². The maximum Gasteiger partial charge on any atom is 0.229 e. The molecule has 94 valence electrons. The molecule has 5 nitrogen and oxygen atoms in total. The lowest BCUT2D eigenvalue weighted by Crippen LogP contribution is -2.44. The molecule has 2 amide bonds. The predicted octanol–water partition coefficient (Wildman–Crippen LogP) is 1.01. The van der Waals surface area contributed by atoms with Crippen LogP contribution < -0.4 is 10.1 Å². The highest BCUT2D eigenvalue weighted by molar-refractivity contribution is 6.02. The van der Waals surface area contributed by atoms with Crippen molar-refractivity contribution in [2.24, 2.45) is 0 Å². The van der Waals surface area contributed by atoms with E-state index >= 15 is 0 Å². The van der Waals surface area contributed by atoms with E-state index in [0.717, 1.165) is 11.4 Å². The molecule has 2 aliphatic heterocycles. The molecule has 1 atom stereocenters. The SMILES string of the molecule is O=C1CCC(=O)N1CC1COc2ccccc2N1. The monoisotopic (exact) mass is 246 g/mol. The number of carbonyl (C=O) groups excluding carboxylic acids is 2. The molecule has 1 unspecified atom stereocenters. The number of rotatable bonds is 2. The zero-order valence-corrected chi connectivity index (χ0v) is 9.89. The summed E-state index contributed by atoms with van der Waals surface area (Å²) in [5, 5.41) is 3.29. The van der Waals surface area contributed by atoms with Crippen molar-refractivity contribution in [2.45, 2.75) is 18.9 Å². The number of hydrogen-bond acceptors (Lipinski definition) is 4. The van der Waals surface area contributed by atoms with Crippen molar-refractivity contribution in [2.75, 3.05) is 18.5 Å². The summed E-state index contributed by atoms with van der Waals surface area (Å²) in [6.07, 6.45) is 0.673. The number of para-hydroxylation sites is 2. The number of ether oxygens (including phenoxy) is 1. The summed E-state index contributed by atoms with van der Waals surface area (Å²) in [6.45, 7) is 0.847. The molecule has 0 aromatic heterocycles. The number of anilines is 1. The Labute approximate surface area is 105 Å². The highest BCUT2D eigenvalue weighted by atomic mass is 16.5. The van der Waals surface area contributed by atoms with Crippen LogP contribution in [0.3, 0.4) is 0 Å². The van der Waals surface area contributed by atoms with Gasteiger partial charge < -0.3 is 10.1 Å². The van der Waals surface area contributed by atoms with E-state index in [1.165, 1.54) is 4.90 Å². The summed E-state index contributed by atoms with van der Waals surface area (Å²) in [4.78, 5) is 24.4. The number of fused-ring (bicyclic) bond motifs is 1. The Morgan fingerprint density at radius 3 is 2.72 bits per heavy atom. The molecule has 1 N–H and O–H groups in total. The van der Waals surface area contributed by atoms with E-state index in [0.29, 0.717) is 26.0 Å². The quantitative estimate of drug-likeness (QED) is 0.791. The van der Waals surface area contributed by atoms with Crippen molar-refractivity contribution >= 4 is 17.5 Å². The third-order valence-electron chi connectivity index (χ3n) is 3.24. The maximum atomic E-state index is 11.5. The number of amides is 2. The Kier molecular flexibility index (Phi) is 2.66. The van der Waals surface area contributed by atoms with Crippen LogP contribution in [0.15, 0.2) is 24.3 Å². The lowest BCUT2D eigenvalue weighted by atomic mass is 10.2. The molecule has 1 aromatic rings. The second-order valence-corrected chi connectivity index (χ2v) is 4.55. The number of likely N-dealkylation sites (tertiary alicyclic amines) is 1. The summed E-state index contributed by atoms with van der Waals surface area (Å²) >= 11 is 0. The fourth-order valence-electron chi connectivity index (χ4n) is 2.31. The molecule has 0 bridgehead atoms. The van der Waals surface area contributed by atoms with Crippen molar-refractivity contribution < 1.29 is 14.3 Å². The molecule has 2 aliphatic rings. The standard InChI is InChI=1S/C13H14N2O3/c16-12-5-6-13(17)15(12)7-9-8-18-11-4-2-1-3-10(11)14-9/h1-4,9,14H,5-8H2. The van der Waals surface area contributed by atoms with Crippen LogP contribution >= 0.6 is 0 Å². The van der Waals surface area contributed by atoms with E-state index in [-0.39, 0.29) is 17.9 Å². The molecule has 0 aliphatic carbocycles. The first-order valence-corrected chi connectivity index (χ1v) is 6.05. The second kappa shape index (κ2) is 4.33. The molecule has 0 saturated carbocycles. The zero-order valence-electron chi connectivity index (χ0n) is 9.89. The molecular weight excluding hydrogens is 232 g/mol. The van der Waals surface area contributed by atoms with Gasteiger partial charge in [-0.1, -0.05) is 12.1 Å². The molecule has 2 heterocycles. The largest absolute Gasteiger partial charge is 0.489 e. The molecule has 0 radical (unpaired) electrons. The highest BCUT2D eigenvalue weighted by Crippen LogP contribution is 2.28. The molecular formula is C13H14N2O3. The summed E-state index contributed by atoms with van der Waals surface area (Å²) in [6, 6.07) is 7.61. The molecule has 5 heteroatoms. The van der Waals surface area contributed by atoms with Crippen LogP contribution in [0.2, 0.25) is 0 Å². The minimum absolute atomic E-state index is 0.0362. The molecule has 1 fully saturated rings. The Hall–Kier alpha value is -2.04. The van der Waals surface area contributed by atoms with E-state index < -0.39 is 0 Å². The van der Waals surface area contributed by atoms with Gasteiger partial charge in [-0.05, 0) is 12.1 Å². The highest BCUT2D eigenvalue weighted by Gasteiger charge is 2.32. The van der Waals surface area contributed by atoms with E-state index in [1.54, 1.807) is 0 Å². The molecule has 1 aromatic carbocycles. The van der Waals surface area contributed by atoms with Gasteiger partial charge in [0.25, 0.3) is 0 Å². The molecule has 3 rings (SSSR count). The van der Waals surface area contributed by atoms with Crippen molar-refractivity contribution in [1.29, 1.82) is 0 Å². The van der Waals surface area contributed by atoms with Gasteiger partial charge in [-0.2, -0.15) is 0 Å². The lowest BCUT2D eigenvalue weighted by Gasteiger charge is -2.29. The third-order valence-corrected chi connectivity index (χ3v) is 3.24. The van der Waals surface area contributed by atoms with Crippen molar-refractivity contribution in [3.8, 4) is 5.75 Å². The normalized spacial score (nSPS) is 22.4. The van der Waals surface area contributed by atoms with Crippen molar-refractivity contribution in [3.05, 3.63) is 24.3 Å². The van der Waals surface area contributed by atoms with Gasteiger partial charge in [0, 0.05) is 12.8 Å². The van der Waals surface area contributed by atoms with E-state index in [1.807, 2.05) is 24.3 Å². The minimum atomic E-state index is -0.0827.